The van der Waals surface area contributed by atoms with Gasteiger partial charge >= 0.3 is 0 Å². The number of hydrogen-bond donors (Lipinski definition) is 1. The highest BCUT2D eigenvalue weighted by molar-refractivity contribution is 7.89. The third-order valence-corrected chi connectivity index (χ3v) is 5.67. The maximum Gasteiger partial charge on any atom is 0.243 e. The number of Topliss-reactive ketones (excluding diaryl/α,β-unsaturated/α-hetero) is 1. The lowest BCUT2D eigenvalue weighted by molar-refractivity contribution is 0.101. The van der Waals surface area contributed by atoms with E-state index >= 15 is 0 Å². The summed E-state index contributed by atoms with van der Waals surface area (Å²) < 4.78 is 26.6. The molecule has 1 fully saturated rings. The van der Waals surface area contributed by atoms with E-state index in [0.29, 0.717) is 18.7 Å². The summed E-state index contributed by atoms with van der Waals surface area (Å²) in [6.45, 7) is 4.26. The molecular weight excluding hydrogens is 276 g/mol. The van der Waals surface area contributed by atoms with E-state index in [4.69, 9.17) is 5.73 Å². The fraction of sp³-hybridized carbons (Fsp3) is 0.500. The molecule has 6 heteroatoms. The third kappa shape index (κ3) is 2.92. The van der Waals surface area contributed by atoms with Crippen molar-refractivity contribution >= 4 is 15.8 Å². The smallest absolute Gasteiger partial charge is 0.243 e. The van der Waals surface area contributed by atoms with Gasteiger partial charge in [-0.2, -0.15) is 4.31 Å². The Hall–Kier alpha value is -1.24. The molecule has 1 aliphatic rings. The van der Waals surface area contributed by atoms with E-state index in [1.54, 1.807) is 12.1 Å². The minimum Gasteiger partial charge on any atom is -0.328 e. The van der Waals surface area contributed by atoms with Crippen LogP contribution in [0, 0.1) is 5.92 Å². The number of nitrogens with two attached hydrogens (primary N) is 1. The highest BCUT2D eigenvalue weighted by Gasteiger charge is 2.34. The van der Waals surface area contributed by atoms with Crippen LogP contribution >= 0.6 is 0 Å². The molecule has 1 aromatic rings. The van der Waals surface area contributed by atoms with Crippen LogP contribution in [0.5, 0.6) is 0 Å². The molecule has 20 heavy (non-hydrogen) atoms. The SMILES string of the molecule is CC(=O)c1cccc(S(=O)(=O)N2CCC(C(C)N)C2)c1. The molecule has 0 saturated carbocycles. The quantitative estimate of drug-likeness (QED) is 0.848. The number of rotatable bonds is 4. The summed E-state index contributed by atoms with van der Waals surface area (Å²) in [6.07, 6.45) is 0.781. The van der Waals surface area contributed by atoms with Gasteiger partial charge in [0.1, 0.15) is 0 Å². The molecule has 2 unspecified atom stereocenters. The van der Waals surface area contributed by atoms with Gasteiger partial charge in [0.15, 0.2) is 5.78 Å². The van der Waals surface area contributed by atoms with Gasteiger partial charge in [0.2, 0.25) is 10.0 Å². The zero-order valence-corrected chi connectivity index (χ0v) is 12.6. The highest BCUT2D eigenvalue weighted by Crippen LogP contribution is 2.26. The van der Waals surface area contributed by atoms with Crippen LogP contribution in [0.4, 0.5) is 0 Å². The first kappa shape index (κ1) is 15.2. The molecule has 2 rings (SSSR count). The molecule has 0 amide bonds. The van der Waals surface area contributed by atoms with Crippen molar-refractivity contribution in [1.29, 1.82) is 0 Å². The number of ketones is 1. The summed E-state index contributed by atoms with van der Waals surface area (Å²) in [5.74, 6) is 0.0534. The van der Waals surface area contributed by atoms with Gasteiger partial charge in [-0.15, -0.1) is 0 Å². The molecule has 1 saturated heterocycles. The van der Waals surface area contributed by atoms with Gasteiger partial charge < -0.3 is 5.73 Å². The Kier molecular flexibility index (Phi) is 4.27. The Labute approximate surface area is 119 Å². The summed E-state index contributed by atoms with van der Waals surface area (Å²) in [4.78, 5) is 11.5. The van der Waals surface area contributed by atoms with E-state index in [1.165, 1.54) is 23.4 Å². The molecule has 0 bridgehead atoms. The first-order valence-corrected chi connectivity index (χ1v) is 8.13. The van der Waals surface area contributed by atoms with E-state index < -0.39 is 10.0 Å². The van der Waals surface area contributed by atoms with Crippen molar-refractivity contribution in [2.45, 2.75) is 31.2 Å². The van der Waals surface area contributed by atoms with Crippen molar-refractivity contribution in [3.8, 4) is 0 Å². The Balaban J connectivity index is 2.27. The summed E-state index contributed by atoms with van der Waals surface area (Å²) in [7, 11) is -3.54. The number of nitrogens with zero attached hydrogens (tertiary/aromatic N) is 1. The Bertz CT molecular complexity index is 611. The second-order valence-electron chi connectivity index (χ2n) is 5.35. The van der Waals surface area contributed by atoms with Gasteiger partial charge in [0.25, 0.3) is 0 Å². The van der Waals surface area contributed by atoms with Crippen molar-refractivity contribution in [2.24, 2.45) is 11.7 Å². The summed E-state index contributed by atoms with van der Waals surface area (Å²) in [5.41, 5.74) is 6.25. The maximum atomic E-state index is 12.6. The normalized spacial score (nSPS) is 21.9. The summed E-state index contributed by atoms with van der Waals surface area (Å²) >= 11 is 0. The third-order valence-electron chi connectivity index (χ3n) is 3.81. The average molecular weight is 296 g/mol. The van der Waals surface area contributed by atoms with Gasteiger partial charge in [0, 0.05) is 24.7 Å². The lowest BCUT2D eigenvalue weighted by Gasteiger charge is -2.18. The summed E-state index contributed by atoms with van der Waals surface area (Å²) in [5, 5.41) is 0. The van der Waals surface area contributed by atoms with E-state index in [0.717, 1.165) is 6.42 Å². The Morgan fingerprint density at radius 2 is 2.15 bits per heavy atom. The summed E-state index contributed by atoms with van der Waals surface area (Å²) in [6, 6.07) is 6.18. The Morgan fingerprint density at radius 3 is 2.70 bits per heavy atom. The monoisotopic (exact) mass is 296 g/mol. The number of hydrogen-bond acceptors (Lipinski definition) is 4. The molecule has 0 spiro atoms. The molecule has 1 aromatic carbocycles. The van der Waals surface area contributed by atoms with Crippen LogP contribution in [0.1, 0.15) is 30.6 Å². The number of benzene rings is 1. The van der Waals surface area contributed by atoms with Gasteiger partial charge in [-0.25, -0.2) is 8.42 Å². The maximum absolute atomic E-state index is 12.6. The van der Waals surface area contributed by atoms with Gasteiger partial charge in [-0.05, 0) is 38.3 Å². The second kappa shape index (κ2) is 5.63. The van der Waals surface area contributed by atoms with Crippen LogP contribution < -0.4 is 5.73 Å². The average Bonchev–Trinajstić information content (AvgIpc) is 2.89. The first-order chi connectivity index (χ1) is 9.32. The molecule has 5 nitrogen and oxygen atoms in total. The minimum atomic E-state index is -3.54. The number of sulfonamides is 1. The van der Waals surface area contributed by atoms with Crippen LogP contribution in [0.25, 0.3) is 0 Å². The first-order valence-electron chi connectivity index (χ1n) is 6.69. The molecule has 0 aromatic heterocycles. The molecule has 1 aliphatic heterocycles. The van der Waals surface area contributed by atoms with E-state index in [1.807, 2.05) is 6.92 Å². The molecule has 0 radical (unpaired) electrons. The standard InChI is InChI=1S/C14H20N2O3S/c1-10(15)13-6-7-16(9-13)20(18,19)14-5-3-4-12(8-14)11(2)17/h3-5,8,10,13H,6-7,9,15H2,1-2H3. The van der Waals surface area contributed by atoms with Gasteiger partial charge in [-0.3, -0.25) is 4.79 Å². The number of carbonyl (C=O) groups excluding carboxylic acids is 1. The molecule has 2 atom stereocenters. The minimum absolute atomic E-state index is 0.0150. The van der Waals surface area contributed by atoms with Crippen LogP contribution in [0.15, 0.2) is 29.2 Å². The zero-order chi connectivity index (χ0) is 14.9. The zero-order valence-electron chi connectivity index (χ0n) is 11.7. The van der Waals surface area contributed by atoms with Gasteiger partial charge in [0.05, 0.1) is 4.90 Å². The van der Waals surface area contributed by atoms with Gasteiger partial charge in [-0.1, -0.05) is 12.1 Å². The molecule has 110 valence electrons. The van der Waals surface area contributed by atoms with E-state index in [2.05, 4.69) is 0 Å². The predicted molar refractivity (Wildman–Crippen MR) is 77.0 cm³/mol. The largest absolute Gasteiger partial charge is 0.328 e. The van der Waals surface area contributed by atoms with Crippen molar-refractivity contribution in [3.63, 3.8) is 0 Å². The molecule has 2 N–H and O–H groups in total. The van der Waals surface area contributed by atoms with Crippen LogP contribution in [-0.2, 0) is 10.0 Å². The van der Waals surface area contributed by atoms with Crippen LogP contribution in [0.3, 0.4) is 0 Å². The highest BCUT2D eigenvalue weighted by atomic mass is 32.2. The molecule has 0 aliphatic carbocycles. The van der Waals surface area contributed by atoms with Crippen molar-refractivity contribution in [3.05, 3.63) is 29.8 Å². The predicted octanol–water partition coefficient (Wildman–Crippen LogP) is 1.25. The topological polar surface area (TPSA) is 80.5 Å². The van der Waals surface area contributed by atoms with Crippen molar-refractivity contribution in [2.75, 3.05) is 13.1 Å². The number of carbonyl (C=O) groups is 1. The lowest BCUT2D eigenvalue weighted by Crippen LogP contribution is -2.33. The molecule has 1 heterocycles. The van der Waals surface area contributed by atoms with E-state index in [9.17, 15) is 13.2 Å². The van der Waals surface area contributed by atoms with Crippen LogP contribution in [-0.4, -0.2) is 37.6 Å². The van der Waals surface area contributed by atoms with E-state index in [-0.39, 0.29) is 22.6 Å². The second-order valence-corrected chi connectivity index (χ2v) is 7.29. The fourth-order valence-electron chi connectivity index (χ4n) is 2.43. The Morgan fingerprint density at radius 1 is 1.45 bits per heavy atom. The fourth-order valence-corrected chi connectivity index (χ4v) is 3.98. The van der Waals surface area contributed by atoms with Crippen LogP contribution in [0.2, 0.25) is 0 Å². The van der Waals surface area contributed by atoms with Crippen molar-refractivity contribution < 1.29 is 13.2 Å². The lowest BCUT2D eigenvalue weighted by atomic mass is 10.0. The van der Waals surface area contributed by atoms with Crippen molar-refractivity contribution in [1.82, 2.24) is 4.31 Å². The molecular formula is C14H20N2O3S.